The SMILES string of the molecule is C[C@@H](OCc1ccccc1)[C@@H](C(=O)OCc1ccccc1)N1CC2(CCCN(C(=O)OC(C)(C)C)C2)C1=O. The Morgan fingerprint density at radius 1 is 0.947 bits per heavy atom. The molecule has 204 valence electrons. The maximum absolute atomic E-state index is 13.7. The first-order valence-electron chi connectivity index (χ1n) is 13.2. The lowest BCUT2D eigenvalue weighted by molar-refractivity contribution is -0.186. The smallest absolute Gasteiger partial charge is 0.410 e. The lowest BCUT2D eigenvalue weighted by atomic mass is 9.71. The van der Waals surface area contributed by atoms with Gasteiger partial charge in [-0.05, 0) is 51.7 Å². The van der Waals surface area contributed by atoms with Gasteiger partial charge in [0.2, 0.25) is 5.91 Å². The number of piperidine rings is 1. The van der Waals surface area contributed by atoms with E-state index in [0.29, 0.717) is 32.5 Å². The largest absolute Gasteiger partial charge is 0.459 e. The number of ether oxygens (including phenoxy) is 3. The summed E-state index contributed by atoms with van der Waals surface area (Å²) in [6, 6.07) is 18.2. The summed E-state index contributed by atoms with van der Waals surface area (Å²) < 4.78 is 17.3. The highest BCUT2D eigenvalue weighted by atomic mass is 16.6. The second kappa shape index (κ2) is 11.6. The van der Waals surface area contributed by atoms with Crippen LogP contribution in [-0.4, -0.2) is 65.2 Å². The number of benzene rings is 2. The van der Waals surface area contributed by atoms with E-state index in [2.05, 4.69) is 0 Å². The van der Waals surface area contributed by atoms with Gasteiger partial charge in [-0.25, -0.2) is 9.59 Å². The van der Waals surface area contributed by atoms with Crippen molar-refractivity contribution in [1.29, 1.82) is 0 Å². The van der Waals surface area contributed by atoms with E-state index in [-0.39, 0.29) is 19.1 Å². The fourth-order valence-electron chi connectivity index (χ4n) is 5.10. The first-order valence-corrected chi connectivity index (χ1v) is 13.2. The number of β-lactam (4-membered cyclic amide) rings is 1. The van der Waals surface area contributed by atoms with Crippen molar-refractivity contribution in [3.05, 3.63) is 71.8 Å². The number of carbonyl (C=O) groups excluding carboxylic acids is 3. The minimum absolute atomic E-state index is 0.112. The van der Waals surface area contributed by atoms with E-state index in [1.54, 1.807) is 16.7 Å². The summed E-state index contributed by atoms with van der Waals surface area (Å²) in [6.45, 7) is 8.87. The maximum atomic E-state index is 13.7. The lowest BCUT2D eigenvalue weighted by Gasteiger charge is -2.55. The monoisotopic (exact) mass is 522 g/mol. The third-order valence-electron chi connectivity index (χ3n) is 7.02. The van der Waals surface area contributed by atoms with Crippen molar-refractivity contribution in [3.63, 3.8) is 0 Å². The Labute approximate surface area is 224 Å². The number of hydrogen-bond donors (Lipinski definition) is 0. The molecule has 38 heavy (non-hydrogen) atoms. The van der Waals surface area contributed by atoms with E-state index < -0.39 is 35.2 Å². The molecule has 0 aromatic heterocycles. The zero-order valence-electron chi connectivity index (χ0n) is 22.7. The zero-order chi connectivity index (χ0) is 27.3. The molecule has 8 heteroatoms. The number of hydrogen-bond acceptors (Lipinski definition) is 6. The van der Waals surface area contributed by atoms with Crippen LogP contribution in [0.3, 0.4) is 0 Å². The van der Waals surface area contributed by atoms with Gasteiger partial charge in [-0.1, -0.05) is 60.7 Å². The first-order chi connectivity index (χ1) is 18.1. The molecular weight excluding hydrogens is 484 g/mol. The van der Waals surface area contributed by atoms with Crippen LogP contribution in [0.1, 0.15) is 51.7 Å². The summed E-state index contributed by atoms with van der Waals surface area (Å²) in [5, 5.41) is 0. The van der Waals surface area contributed by atoms with Crippen molar-refractivity contribution in [3.8, 4) is 0 Å². The summed E-state index contributed by atoms with van der Waals surface area (Å²) in [7, 11) is 0. The Bertz CT molecular complexity index is 1120. The predicted octanol–water partition coefficient (Wildman–Crippen LogP) is 4.56. The average Bonchev–Trinajstić information content (AvgIpc) is 2.90. The van der Waals surface area contributed by atoms with Gasteiger partial charge in [-0.2, -0.15) is 0 Å². The van der Waals surface area contributed by atoms with Gasteiger partial charge in [0.1, 0.15) is 12.2 Å². The maximum Gasteiger partial charge on any atom is 0.410 e. The van der Waals surface area contributed by atoms with Gasteiger partial charge in [-0.15, -0.1) is 0 Å². The molecule has 0 N–H and O–H groups in total. The summed E-state index contributed by atoms with van der Waals surface area (Å²) in [5.74, 6) is -0.653. The van der Waals surface area contributed by atoms with Gasteiger partial charge in [0.05, 0.1) is 18.1 Å². The molecule has 1 unspecified atom stereocenters. The molecular formula is C30H38N2O6. The third-order valence-corrected chi connectivity index (χ3v) is 7.02. The van der Waals surface area contributed by atoms with Crippen molar-refractivity contribution >= 4 is 18.0 Å². The van der Waals surface area contributed by atoms with Crippen molar-refractivity contribution in [1.82, 2.24) is 9.80 Å². The number of likely N-dealkylation sites (tertiary alicyclic amines) is 2. The van der Waals surface area contributed by atoms with Crippen LogP contribution >= 0.6 is 0 Å². The van der Waals surface area contributed by atoms with E-state index in [1.165, 1.54) is 0 Å². The molecule has 4 rings (SSSR count). The second-order valence-electron chi connectivity index (χ2n) is 11.3. The van der Waals surface area contributed by atoms with Crippen LogP contribution in [-0.2, 0) is 37.0 Å². The van der Waals surface area contributed by atoms with E-state index >= 15 is 0 Å². The molecule has 2 heterocycles. The molecule has 2 aliphatic rings. The number of amides is 2. The molecule has 0 radical (unpaired) electrons. The molecule has 8 nitrogen and oxygen atoms in total. The Morgan fingerprint density at radius 2 is 1.55 bits per heavy atom. The van der Waals surface area contributed by atoms with Gasteiger partial charge in [0, 0.05) is 19.6 Å². The van der Waals surface area contributed by atoms with E-state index in [0.717, 1.165) is 11.1 Å². The standard InChI is InChI=1S/C30H38N2O6/c1-22(36-18-23-12-7-5-8-13-23)25(26(33)37-19-24-14-9-6-10-15-24)32-21-30(27(32)34)16-11-17-31(20-30)28(35)38-29(2,3)4/h5-10,12-15,22,25H,11,16-21H2,1-4H3/t22-,25+,30?/m1/s1. The van der Waals surface area contributed by atoms with Crippen LogP contribution in [0.15, 0.2) is 60.7 Å². The topological polar surface area (TPSA) is 85.4 Å². The van der Waals surface area contributed by atoms with Crippen LogP contribution in [0, 0.1) is 5.41 Å². The Hall–Kier alpha value is -3.39. The van der Waals surface area contributed by atoms with Gasteiger partial charge >= 0.3 is 12.1 Å². The molecule has 2 amide bonds. The lowest BCUT2D eigenvalue weighted by Crippen LogP contribution is -2.72. The molecule has 2 fully saturated rings. The minimum Gasteiger partial charge on any atom is -0.459 e. The third kappa shape index (κ3) is 6.54. The molecule has 2 saturated heterocycles. The summed E-state index contributed by atoms with van der Waals surface area (Å²) in [4.78, 5) is 42.9. The fraction of sp³-hybridized carbons (Fsp3) is 0.500. The zero-order valence-corrected chi connectivity index (χ0v) is 22.7. The highest BCUT2D eigenvalue weighted by Crippen LogP contribution is 2.42. The van der Waals surface area contributed by atoms with Gasteiger partial charge in [0.25, 0.3) is 0 Å². The van der Waals surface area contributed by atoms with Crippen LogP contribution < -0.4 is 0 Å². The quantitative estimate of drug-likeness (QED) is 0.373. The van der Waals surface area contributed by atoms with Crippen molar-refractivity contribution < 1.29 is 28.6 Å². The van der Waals surface area contributed by atoms with Gasteiger partial charge in [0.15, 0.2) is 6.04 Å². The molecule has 0 aliphatic carbocycles. The van der Waals surface area contributed by atoms with Crippen LogP contribution in [0.5, 0.6) is 0 Å². The Balaban J connectivity index is 1.46. The first kappa shape index (κ1) is 27.6. The summed E-state index contributed by atoms with van der Waals surface area (Å²) in [6.07, 6.45) is 0.348. The Morgan fingerprint density at radius 3 is 2.13 bits per heavy atom. The molecule has 2 aromatic rings. The molecule has 1 spiro atoms. The van der Waals surface area contributed by atoms with Crippen LogP contribution in [0.25, 0.3) is 0 Å². The Kier molecular flexibility index (Phi) is 8.41. The van der Waals surface area contributed by atoms with E-state index in [4.69, 9.17) is 14.2 Å². The van der Waals surface area contributed by atoms with E-state index in [9.17, 15) is 14.4 Å². The van der Waals surface area contributed by atoms with E-state index in [1.807, 2.05) is 81.4 Å². The van der Waals surface area contributed by atoms with Crippen molar-refractivity contribution in [2.24, 2.45) is 5.41 Å². The van der Waals surface area contributed by atoms with Crippen LogP contribution in [0.4, 0.5) is 4.79 Å². The predicted molar refractivity (Wildman–Crippen MR) is 142 cm³/mol. The molecule has 0 saturated carbocycles. The van der Waals surface area contributed by atoms with Gasteiger partial charge < -0.3 is 24.0 Å². The average molecular weight is 523 g/mol. The van der Waals surface area contributed by atoms with Crippen LogP contribution in [0.2, 0.25) is 0 Å². The summed E-state index contributed by atoms with van der Waals surface area (Å²) >= 11 is 0. The second-order valence-corrected chi connectivity index (χ2v) is 11.3. The number of esters is 1. The minimum atomic E-state index is -0.891. The summed E-state index contributed by atoms with van der Waals surface area (Å²) in [5.41, 5.74) is 0.509. The fourth-order valence-corrected chi connectivity index (χ4v) is 5.10. The normalized spacial score (nSPS) is 21.0. The number of carbonyl (C=O) groups is 3. The number of nitrogens with zero attached hydrogens (tertiary/aromatic N) is 2. The molecule has 0 bridgehead atoms. The molecule has 2 aromatic carbocycles. The number of rotatable bonds is 8. The molecule has 2 aliphatic heterocycles. The van der Waals surface area contributed by atoms with Crippen molar-refractivity contribution in [2.75, 3.05) is 19.6 Å². The van der Waals surface area contributed by atoms with Gasteiger partial charge in [-0.3, -0.25) is 4.79 Å². The highest BCUT2D eigenvalue weighted by Gasteiger charge is 2.58. The highest BCUT2D eigenvalue weighted by molar-refractivity contribution is 5.94. The van der Waals surface area contributed by atoms with Crippen molar-refractivity contribution in [2.45, 2.75) is 71.5 Å². The molecule has 3 atom stereocenters.